The maximum absolute atomic E-state index is 12.7. The van der Waals surface area contributed by atoms with Gasteiger partial charge in [0.2, 0.25) is 5.91 Å². The van der Waals surface area contributed by atoms with E-state index in [4.69, 9.17) is 5.21 Å². The van der Waals surface area contributed by atoms with Crippen LogP contribution < -0.4 is 10.5 Å². The highest BCUT2D eigenvalue weighted by Crippen LogP contribution is 2.37. The quantitative estimate of drug-likeness (QED) is 0.833. The molecule has 0 saturated heterocycles. The molecule has 0 heterocycles. The smallest absolute Gasteiger partial charge is 0.418 e. The Morgan fingerprint density at radius 1 is 1.42 bits per heavy atom. The van der Waals surface area contributed by atoms with E-state index in [0.29, 0.717) is 6.07 Å². The van der Waals surface area contributed by atoms with E-state index in [9.17, 15) is 23.2 Å². The van der Waals surface area contributed by atoms with Gasteiger partial charge in [-0.25, -0.2) is 0 Å². The lowest BCUT2D eigenvalue weighted by molar-refractivity contribution is -0.137. The van der Waals surface area contributed by atoms with Crippen molar-refractivity contribution < 1.29 is 23.2 Å². The van der Waals surface area contributed by atoms with Gasteiger partial charge in [0, 0.05) is 11.6 Å². The van der Waals surface area contributed by atoms with E-state index in [1.165, 1.54) is 0 Å². The van der Waals surface area contributed by atoms with Crippen LogP contribution in [0.1, 0.15) is 19.4 Å². The zero-order valence-corrected chi connectivity index (χ0v) is 10.2. The number of hydrogen-bond donors (Lipinski definition) is 2. The molecule has 0 saturated carbocycles. The van der Waals surface area contributed by atoms with Crippen LogP contribution in [0.25, 0.3) is 0 Å². The number of alkyl halides is 3. The van der Waals surface area contributed by atoms with Gasteiger partial charge in [0.25, 0.3) is 0 Å². The number of nitrogens with one attached hydrogen (secondary N) is 1. The monoisotopic (exact) mass is 277 g/mol. The number of benzene rings is 1. The van der Waals surface area contributed by atoms with Gasteiger partial charge in [-0.2, -0.15) is 13.2 Å². The van der Waals surface area contributed by atoms with E-state index in [0.717, 1.165) is 12.1 Å². The van der Waals surface area contributed by atoms with Crippen molar-refractivity contribution >= 4 is 17.3 Å². The Hall–Kier alpha value is -1.80. The topological polar surface area (TPSA) is 75.6 Å². The van der Waals surface area contributed by atoms with Crippen LogP contribution in [-0.2, 0) is 11.0 Å². The SMILES string of the molecule is CC(C)C(=O)Nc1ccc(N([O-])O)c(C(F)(F)F)c1. The molecule has 0 aliphatic heterocycles. The second-order valence-corrected chi connectivity index (χ2v) is 4.15. The fraction of sp³-hybridized carbons (Fsp3) is 0.364. The molecule has 0 unspecified atom stereocenters. The molecule has 5 nitrogen and oxygen atoms in total. The van der Waals surface area contributed by atoms with E-state index in [-0.39, 0.29) is 5.69 Å². The lowest BCUT2D eigenvalue weighted by Gasteiger charge is -2.26. The van der Waals surface area contributed by atoms with Gasteiger partial charge in [0.05, 0.1) is 11.3 Å². The van der Waals surface area contributed by atoms with Gasteiger partial charge in [0.15, 0.2) is 0 Å². The molecule has 0 fully saturated rings. The van der Waals surface area contributed by atoms with E-state index in [2.05, 4.69) is 5.32 Å². The Kier molecular flexibility index (Phi) is 4.38. The summed E-state index contributed by atoms with van der Waals surface area (Å²) in [7, 11) is 0. The van der Waals surface area contributed by atoms with Crippen molar-refractivity contribution in [3.05, 3.63) is 29.0 Å². The molecule has 8 heteroatoms. The summed E-state index contributed by atoms with van der Waals surface area (Å²) in [6.45, 7) is 3.17. The van der Waals surface area contributed by atoms with E-state index >= 15 is 0 Å². The van der Waals surface area contributed by atoms with Crippen molar-refractivity contribution in [2.24, 2.45) is 5.92 Å². The Morgan fingerprint density at radius 2 is 2.00 bits per heavy atom. The predicted molar refractivity (Wildman–Crippen MR) is 62.5 cm³/mol. The van der Waals surface area contributed by atoms with Crippen LogP contribution in [0.3, 0.4) is 0 Å². The van der Waals surface area contributed by atoms with Crippen molar-refractivity contribution in [2.45, 2.75) is 20.0 Å². The normalized spacial score (nSPS) is 11.6. The van der Waals surface area contributed by atoms with E-state index < -0.39 is 34.5 Å². The number of nitrogens with zero attached hydrogens (tertiary/aromatic N) is 1. The third-order valence-corrected chi connectivity index (χ3v) is 2.30. The van der Waals surface area contributed by atoms with Gasteiger partial charge >= 0.3 is 6.18 Å². The standard InChI is InChI=1S/C11H12F3N2O3/c1-6(2)10(17)15-7-3-4-9(16(18)19)8(5-7)11(12,13)14/h3-6,18H,1-2H3,(H,15,17)/q-1. The molecule has 0 spiro atoms. The van der Waals surface area contributed by atoms with Gasteiger partial charge in [-0.05, 0) is 18.2 Å². The number of carbonyl (C=O) groups is 1. The summed E-state index contributed by atoms with van der Waals surface area (Å²) >= 11 is 0. The van der Waals surface area contributed by atoms with Crippen LogP contribution in [0.4, 0.5) is 24.5 Å². The summed E-state index contributed by atoms with van der Waals surface area (Å²) in [4.78, 5) is 11.4. The first-order chi connectivity index (χ1) is 8.62. The minimum absolute atomic E-state index is 0.100. The third-order valence-electron chi connectivity index (χ3n) is 2.30. The number of carbonyl (C=O) groups excluding carboxylic acids is 1. The molecule has 0 aliphatic carbocycles. The number of hydrogen-bond acceptors (Lipinski definition) is 4. The first kappa shape index (κ1) is 15.3. The summed E-state index contributed by atoms with van der Waals surface area (Å²) in [6.07, 6.45) is -4.82. The van der Waals surface area contributed by atoms with Crippen molar-refractivity contribution in [1.29, 1.82) is 0 Å². The average molecular weight is 277 g/mol. The number of halogens is 3. The zero-order chi connectivity index (χ0) is 14.8. The van der Waals surface area contributed by atoms with Crippen LogP contribution in [0.2, 0.25) is 0 Å². The lowest BCUT2D eigenvalue weighted by atomic mass is 10.1. The van der Waals surface area contributed by atoms with Crippen LogP contribution in [0.5, 0.6) is 0 Å². The highest BCUT2D eigenvalue weighted by atomic mass is 19.4. The number of amides is 1. The molecular weight excluding hydrogens is 265 g/mol. The fourth-order valence-electron chi connectivity index (χ4n) is 1.29. The summed E-state index contributed by atoms with van der Waals surface area (Å²) < 4.78 is 38.1. The van der Waals surface area contributed by atoms with Crippen LogP contribution in [0, 0.1) is 11.1 Å². The summed E-state index contributed by atoms with van der Waals surface area (Å²) in [5, 5.41) is 20.7. The second-order valence-electron chi connectivity index (χ2n) is 4.15. The second kappa shape index (κ2) is 5.45. The Labute approximate surface area is 107 Å². The van der Waals surface area contributed by atoms with E-state index in [1.807, 2.05) is 0 Å². The van der Waals surface area contributed by atoms with Crippen LogP contribution >= 0.6 is 0 Å². The molecular formula is C11H12F3N2O3-. The van der Waals surface area contributed by atoms with Crippen molar-refractivity contribution in [3.8, 4) is 0 Å². The first-order valence-electron chi connectivity index (χ1n) is 5.31. The molecule has 0 atom stereocenters. The maximum Gasteiger partial charge on any atom is 0.418 e. The summed E-state index contributed by atoms with van der Waals surface area (Å²) in [5.74, 6) is -0.855. The molecule has 0 aromatic heterocycles. The Bertz CT molecular complexity index is 473. The molecule has 0 radical (unpaired) electrons. The summed E-state index contributed by atoms with van der Waals surface area (Å²) in [6, 6.07) is 2.48. The third kappa shape index (κ3) is 3.83. The van der Waals surface area contributed by atoms with Crippen molar-refractivity contribution in [1.82, 2.24) is 0 Å². The molecule has 0 bridgehead atoms. The van der Waals surface area contributed by atoms with E-state index in [1.54, 1.807) is 13.8 Å². The maximum atomic E-state index is 12.7. The number of rotatable bonds is 3. The number of anilines is 2. The molecule has 2 N–H and O–H groups in total. The molecule has 1 aromatic carbocycles. The molecule has 0 aliphatic rings. The Morgan fingerprint density at radius 3 is 2.42 bits per heavy atom. The average Bonchev–Trinajstić information content (AvgIpc) is 2.27. The van der Waals surface area contributed by atoms with Gasteiger partial charge in [-0.1, -0.05) is 13.8 Å². The minimum Gasteiger partial charge on any atom is -0.733 e. The van der Waals surface area contributed by atoms with Crippen molar-refractivity contribution in [2.75, 3.05) is 10.5 Å². The van der Waals surface area contributed by atoms with Gasteiger partial charge in [0.1, 0.15) is 0 Å². The molecule has 1 aromatic rings. The highest BCUT2D eigenvalue weighted by Gasteiger charge is 2.34. The van der Waals surface area contributed by atoms with Gasteiger partial charge < -0.3 is 15.8 Å². The molecule has 1 rings (SSSR count). The van der Waals surface area contributed by atoms with Crippen LogP contribution in [0.15, 0.2) is 18.2 Å². The van der Waals surface area contributed by atoms with Crippen molar-refractivity contribution in [3.63, 3.8) is 0 Å². The predicted octanol–water partition coefficient (Wildman–Crippen LogP) is 2.99. The van der Waals surface area contributed by atoms with Crippen LogP contribution in [-0.4, -0.2) is 11.1 Å². The highest BCUT2D eigenvalue weighted by molar-refractivity contribution is 5.92. The Balaban J connectivity index is 3.16. The van der Waals surface area contributed by atoms with Gasteiger partial charge in [-0.3, -0.25) is 10.0 Å². The lowest BCUT2D eigenvalue weighted by Crippen LogP contribution is -2.20. The largest absolute Gasteiger partial charge is 0.733 e. The van der Waals surface area contributed by atoms with Gasteiger partial charge in [-0.15, -0.1) is 0 Å². The summed E-state index contributed by atoms with van der Waals surface area (Å²) in [5.41, 5.74) is -2.36. The minimum atomic E-state index is -4.82. The molecule has 106 valence electrons. The molecule has 1 amide bonds. The molecule has 19 heavy (non-hydrogen) atoms. The zero-order valence-electron chi connectivity index (χ0n) is 10.2. The first-order valence-corrected chi connectivity index (χ1v) is 5.31. The fourth-order valence-corrected chi connectivity index (χ4v) is 1.29.